The van der Waals surface area contributed by atoms with E-state index in [-0.39, 0.29) is 11.9 Å². The number of methoxy groups -OCH3 is 1. The lowest BCUT2D eigenvalue weighted by atomic mass is 9.51. The Morgan fingerprint density at radius 1 is 1.50 bits per heavy atom. The van der Waals surface area contributed by atoms with E-state index in [9.17, 15) is 4.79 Å². The molecule has 0 aromatic heterocycles. The molecule has 0 aromatic rings. The molecule has 2 rings (SSSR count). The second-order valence-corrected chi connectivity index (χ2v) is 5.29. The fraction of sp³-hybridized carbons (Fsp3) is 0.917. The Balaban J connectivity index is 1.70. The van der Waals surface area contributed by atoms with Crippen LogP contribution in [0.1, 0.15) is 45.4 Å². The van der Waals surface area contributed by atoms with Gasteiger partial charge in [-0.05, 0) is 43.4 Å². The molecule has 1 atom stereocenters. The van der Waals surface area contributed by atoms with E-state index in [2.05, 4.69) is 0 Å². The number of hydrogen-bond donors (Lipinski definition) is 0. The van der Waals surface area contributed by atoms with E-state index in [1.165, 1.54) is 39.2 Å². The largest absolute Gasteiger partial charge is 0.469 e. The van der Waals surface area contributed by atoms with Crippen molar-refractivity contribution >= 4 is 5.97 Å². The van der Waals surface area contributed by atoms with Gasteiger partial charge in [0.25, 0.3) is 0 Å². The molecular weight excluding hydrogens is 176 g/mol. The summed E-state index contributed by atoms with van der Waals surface area (Å²) in [5.41, 5.74) is 0.737. The third kappa shape index (κ3) is 1.67. The average molecular weight is 196 g/mol. The van der Waals surface area contributed by atoms with E-state index < -0.39 is 0 Å². The second-order valence-electron chi connectivity index (χ2n) is 5.29. The van der Waals surface area contributed by atoms with Crippen LogP contribution in [0.5, 0.6) is 0 Å². The van der Waals surface area contributed by atoms with Crippen LogP contribution in [0, 0.1) is 17.3 Å². The van der Waals surface area contributed by atoms with Crippen molar-refractivity contribution in [3.63, 3.8) is 0 Å². The molecule has 2 heteroatoms. The average Bonchev–Trinajstić information content (AvgIpc) is 2.05. The molecule has 0 aromatic carbocycles. The first-order chi connectivity index (χ1) is 6.65. The van der Waals surface area contributed by atoms with E-state index in [0.717, 1.165) is 17.8 Å². The Hall–Kier alpha value is -0.530. The maximum Gasteiger partial charge on any atom is 0.308 e. The molecule has 2 aliphatic carbocycles. The van der Waals surface area contributed by atoms with Crippen molar-refractivity contribution in [1.29, 1.82) is 0 Å². The molecule has 1 unspecified atom stereocenters. The van der Waals surface area contributed by atoms with Crippen molar-refractivity contribution in [3.05, 3.63) is 0 Å². The van der Waals surface area contributed by atoms with Crippen molar-refractivity contribution in [3.8, 4) is 0 Å². The van der Waals surface area contributed by atoms with Gasteiger partial charge in [0.2, 0.25) is 0 Å². The van der Waals surface area contributed by atoms with Crippen LogP contribution in [-0.2, 0) is 9.53 Å². The Morgan fingerprint density at radius 2 is 2.14 bits per heavy atom. The zero-order chi connectivity index (χ0) is 10.2. The molecular formula is C12H20O2. The third-order valence-corrected chi connectivity index (χ3v) is 4.15. The zero-order valence-corrected chi connectivity index (χ0v) is 9.21. The van der Waals surface area contributed by atoms with Gasteiger partial charge in [0.05, 0.1) is 13.0 Å². The van der Waals surface area contributed by atoms with Crippen LogP contribution in [0.25, 0.3) is 0 Å². The summed E-state index contributed by atoms with van der Waals surface area (Å²) in [6.45, 7) is 1.98. The van der Waals surface area contributed by atoms with Crippen LogP contribution in [-0.4, -0.2) is 13.1 Å². The fourth-order valence-corrected chi connectivity index (χ4v) is 3.21. The monoisotopic (exact) mass is 196 g/mol. The molecule has 14 heavy (non-hydrogen) atoms. The molecule has 0 heterocycles. The van der Waals surface area contributed by atoms with E-state index in [1.54, 1.807) is 0 Å². The summed E-state index contributed by atoms with van der Waals surface area (Å²) in [6, 6.07) is 0. The van der Waals surface area contributed by atoms with Crippen LogP contribution < -0.4 is 0 Å². The topological polar surface area (TPSA) is 26.3 Å². The molecule has 2 aliphatic rings. The number of carbonyl (C=O) groups is 1. The van der Waals surface area contributed by atoms with Gasteiger partial charge in [-0.25, -0.2) is 0 Å². The molecule has 0 aliphatic heterocycles. The van der Waals surface area contributed by atoms with Gasteiger partial charge in [-0.1, -0.05) is 13.3 Å². The van der Waals surface area contributed by atoms with Crippen LogP contribution in [0.4, 0.5) is 0 Å². The van der Waals surface area contributed by atoms with Crippen molar-refractivity contribution < 1.29 is 9.53 Å². The molecule has 0 radical (unpaired) electrons. The van der Waals surface area contributed by atoms with Crippen molar-refractivity contribution in [2.45, 2.75) is 45.4 Å². The van der Waals surface area contributed by atoms with Gasteiger partial charge in [-0.3, -0.25) is 4.79 Å². The minimum atomic E-state index is -0.0421. The summed E-state index contributed by atoms with van der Waals surface area (Å²) >= 11 is 0. The van der Waals surface area contributed by atoms with Crippen LogP contribution >= 0.6 is 0 Å². The van der Waals surface area contributed by atoms with E-state index in [0.29, 0.717) is 0 Å². The molecule has 1 spiro atoms. The van der Waals surface area contributed by atoms with E-state index in [1.807, 2.05) is 6.92 Å². The number of rotatable bonds is 3. The number of esters is 1. The smallest absolute Gasteiger partial charge is 0.308 e. The molecule has 2 fully saturated rings. The molecule has 0 saturated heterocycles. The lowest BCUT2D eigenvalue weighted by Crippen LogP contribution is -2.43. The van der Waals surface area contributed by atoms with Gasteiger partial charge in [0, 0.05) is 0 Å². The first-order valence-electron chi connectivity index (χ1n) is 5.73. The summed E-state index contributed by atoms with van der Waals surface area (Å²) in [4.78, 5) is 11.2. The standard InChI is InChI=1S/C12H20O2/c1-9(11(13)14-2)6-10-7-12(8-10)4-3-5-12/h9-10H,3-8H2,1-2H3. The van der Waals surface area contributed by atoms with Gasteiger partial charge in [-0.15, -0.1) is 0 Å². The molecule has 0 amide bonds. The highest BCUT2D eigenvalue weighted by atomic mass is 16.5. The number of ether oxygens (including phenoxy) is 1. The van der Waals surface area contributed by atoms with Gasteiger partial charge < -0.3 is 4.74 Å². The summed E-state index contributed by atoms with van der Waals surface area (Å²) in [5.74, 6) is 0.853. The fourth-order valence-electron chi connectivity index (χ4n) is 3.21. The van der Waals surface area contributed by atoms with Gasteiger partial charge in [0.1, 0.15) is 0 Å². The summed E-state index contributed by atoms with van der Waals surface area (Å²) in [5, 5.41) is 0. The van der Waals surface area contributed by atoms with Crippen LogP contribution in [0.2, 0.25) is 0 Å². The molecule has 0 N–H and O–H groups in total. The van der Waals surface area contributed by atoms with Crippen LogP contribution in [0.3, 0.4) is 0 Å². The Bertz CT molecular complexity index is 222. The maximum absolute atomic E-state index is 11.2. The molecule has 80 valence electrons. The minimum absolute atomic E-state index is 0.0421. The van der Waals surface area contributed by atoms with E-state index >= 15 is 0 Å². The third-order valence-electron chi connectivity index (χ3n) is 4.15. The van der Waals surface area contributed by atoms with Gasteiger partial charge in [0.15, 0.2) is 0 Å². The predicted octanol–water partition coefficient (Wildman–Crippen LogP) is 2.77. The van der Waals surface area contributed by atoms with Gasteiger partial charge in [-0.2, -0.15) is 0 Å². The number of hydrogen-bond acceptors (Lipinski definition) is 2. The minimum Gasteiger partial charge on any atom is -0.469 e. The van der Waals surface area contributed by atoms with Crippen molar-refractivity contribution in [2.24, 2.45) is 17.3 Å². The van der Waals surface area contributed by atoms with Gasteiger partial charge >= 0.3 is 5.97 Å². The summed E-state index contributed by atoms with van der Waals surface area (Å²) < 4.78 is 4.73. The maximum atomic E-state index is 11.2. The lowest BCUT2D eigenvalue weighted by molar-refractivity contribution is -0.146. The molecule has 2 nitrogen and oxygen atoms in total. The number of carbonyl (C=O) groups excluding carboxylic acids is 1. The highest BCUT2D eigenvalue weighted by molar-refractivity contribution is 5.71. The Labute approximate surface area is 86.0 Å². The normalized spacial score (nSPS) is 26.4. The quantitative estimate of drug-likeness (QED) is 0.649. The zero-order valence-electron chi connectivity index (χ0n) is 9.21. The lowest BCUT2D eigenvalue weighted by Gasteiger charge is -2.54. The summed E-state index contributed by atoms with van der Waals surface area (Å²) in [7, 11) is 1.48. The predicted molar refractivity (Wildman–Crippen MR) is 54.8 cm³/mol. The first kappa shape index (κ1) is 10.0. The molecule has 2 saturated carbocycles. The highest BCUT2D eigenvalue weighted by Crippen LogP contribution is 2.59. The first-order valence-corrected chi connectivity index (χ1v) is 5.73. The van der Waals surface area contributed by atoms with Crippen molar-refractivity contribution in [1.82, 2.24) is 0 Å². The Morgan fingerprint density at radius 3 is 2.57 bits per heavy atom. The van der Waals surface area contributed by atoms with Crippen LogP contribution in [0.15, 0.2) is 0 Å². The van der Waals surface area contributed by atoms with E-state index in [4.69, 9.17) is 4.74 Å². The SMILES string of the molecule is COC(=O)C(C)CC1CC2(CCC2)C1. The molecule has 0 bridgehead atoms. The Kier molecular flexibility index (Phi) is 2.54. The van der Waals surface area contributed by atoms with Crippen molar-refractivity contribution in [2.75, 3.05) is 7.11 Å². The second kappa shape index (κ2) is 3.56. The highest BCUT2D eigenvalue weighted by Gasteiger charge is 2.48. The summed E-state index contributed by atoms with van der Waals surface area (Å²) in [6.07, 6.45) is 8.09.